The molecule has 2 aliphatic rings. The smallest absolute Gasteiger partial charge is 0.270 e. The number of nitro benzene ring substituents is 1. The normalized spacial score (nSPS) is 22.0. The number of aromatic hydroxyl groups is 1. The lowest BCUT2D eigenvalue weighted by molar-refractivity contribution is -0.385. The van der Waals surface area contributed by atoms with Crippen LogP contribution in [0, 0.1) is 16.0 Å². The molecular formula is C23H25N3O4. The van der Waals surface area contributed by atoms with Crippen molar-refractivity contribution in [1.29, 1.82) is 0 Å². The standard InChI is InChI=1S/C23H25N3O4/c1-23(2,3)25-22(28)17-9-5-8-15-14-6-4-7-16(14)21(24-20(15)17)18-12-13(26(29)30)10-11-19(18)27/h4-6,8-12,14,16,21,24,27H,7H2,1-3H3,(H,25,28). The minimum Gasteiger partial charge on any atom is -0.508 e. The maximum atomic E-state index is 13.0. The minimum atomic E-state index is -0.466. The van der Waals surface area contributed by atoms with Gasteiger partial charge in [-0.2, -0.15) is 0 Å². The van der Waals surface area contributed by atoms with Crippen molar-refractivity contribution in [1.82, 2.24) is 5.32 Å². The number of nitrogens with zero attached hydrogens (tertiary/aromatic N) is 1. The van der Waals surface area contributed by atoms with E-state index in [1.807, 2.05) is 32.9 Å². The van der Waals surface area contributed by atoms with E-state index in [9.17, 15) is 20.0 Å². The number of phenolic OH excluding ortho intramolecular Hbond substituents is 1. The van der Waals surface area contributed by atoms with Crippen LogP contribution in [0.2, 0.25) is 0 Å². The summed E-state index contributed by atoms with van der Waals surface area (Å²) in [6, 6.07) is 9.38. The molecule has 0 bridgehead atoms. The number of anilines is 1. The zero-order chi connectivity index (χ0) is 21.6. The largest absolute Gasteiger partial charge is 0.508 e. The zero-order valence-corrected chi connectivity index (χ0v) is 17.2. The highest BCUT2D eigenvalue weighted by atomic mass is 16.6. The average Bonchev–Trinajstić information content (AvgIpc) is 3.16. The van der Waals surface area contributed by atoms with Crippen LogP contribution in [-0.2, 0) is 0 Å². The molecule has 1 aliphatic carbocycles. The second kappa shape index (κ2) is 7.16. The lowest BCUT2D eigenvalue weighted by Gasteiger charge is -2.38. The number of benzene rings is 2. The minimum absolute atomic E-state index is 0.00354. The predicted octanol–water partition coefficient (Wildman–Crippen LogP) is 4.66. The van der Waals surface area contributed by atoms with Gasteiger partial charge >= 0.3 is 0 Å². The molecule has 0 radical (unpaired) electrons. The molecule has 1 heterocycles. The highest BCUT2D eigenvalue weighted by molar-refractivity contribution is 6.01. The fraction of sp³-hybridized carbons (Fsp3) is 0.348. The summed E-state index contributed by atoms with van der Waals surface area (Å²) in [6.07, 6.45) is 4.99. The van der Waals surface area contributed by atoms with E-state index in [1.165, 1.54) is 18.2 Å². The number of hydrogen-bond acceptors (Lipinski definition) is 5. The highest BCUT2D eigenvalue weighted by Crippen LogP contribution is 2.52. The van der Waals surface area contributed by atoms with Crippen LogP contribution in [0.3, 0.4) is 0 Å². The summed E-state index contributed by atoms with van der Waals surface area (Å²) < 4.78 is 0. The Morgan fingerprint density at radius 1 is 1.23 bits per heavy atom. The monoisotopic (exact) mass is 407 g/mol. The molecule has 0 saturated carbocycles. The molecular weight excluding hydrogens is 382 g/mol. The molecule has 0 aromatic heterocycles. The summed E-state index contributed by atoms with van der Waals surface area (Å²) in [6.45, 7) is 5.77. The van der Waals surface area contributed by atoms with Crippen molar-refractivity contribution >= 4 is 17.3 Å². The second-order valence-electron chi connectivity index (χ2n) is 8.95. The van der Waals surface area contributed by atoms with Crippen molar-refractivity contribution in [3.8, 4) is 5.75 Å². The molecule has 30 heavy (non-hydrogen) atoms. The van der Waals surface area contributed by atoms with Crippen molar-refractivity contribution in [3.05, 3.63) is 75.4 Å². The molecule has 3 unspecified atom stereocenters. The number of allylic oxidation sites excluding steroid dienone is 2. The molecule has 4 rings (SSSR count). The Hall–Kier alpha value is -3.35. The zero-order valence-electron chi connectivity index (χ0n) is 17.2. The number of phenols is 1. The number of nitro groups is 1. The van der Waals surface area contributed by atoms with Crippen molar-refractivity contribution in [2.75, 3.05) is 5.32 Å². The van der Waals surface area contributed by atoms with Crippen LogP contribution < -0.4 is 10.6 Å². The van der Waals surface area contributed by atoms with E-state index < -0.39 is 4.92 Å². The van der Waals surface area contributed by atoms with Crippen LogP contribution in [0.4, 0.5) is 11.4 Å². The van der Waals surface area contributed by atoms with E-state index in [1.54, 1.807) is 6.07 Å². The Balaban J connectivity index is 1.81. The van der Waals surface area contributed by atoms with Gasteiger partial charge in [0.25, 0.3) is 11.6 Å². The molecule has 1 amide bonds. The number of nitrogens with one attached hydrogen (secondary N) is 2. The molecule has 0 spiro atoms. The summed E-state index contributed by atoms with van der Waals surface area (Å²) in [4.78, 5) is 23.8. The fourth-order valence-electron chi connectivity index (χ4n) is 4.43. The maximum absolute atomic E-state index is 13.0. The van der Waals surface area contributed by atoms with Crippen molar-refractivity contribution in [2.45, 2.75) is 44.7 Å². The van der Waals surface area contributed by atoms with Gasteiger partial charge in [0, 0.05) is 29.2 Å². The molecule has 156 valence electrons. The fourth-order valence-corrected chi connectivity index (χ4v) is 4.43. The first-order valence-corrected chi connectivity index (χ1v) is 10.0. The number of carbonyl (C=O) groups excluding carboxylic acids is 1. The average molecular weight is 407 g/mol. The quantitative estimate of drug-likeness (QED) is 0.390. The Bertz CT molecular complexity index is 1050. The molecule has 3 atom stereocenters. The first-order chi connectivity index (χ1) is 14.2. The van der Waals surface area contributed by atoms with Crippen LogP contribution in [0.25, 0.3) is 0 Å². The summed E-state index contributed by atoms with van der Waals surface area (Å²) in [7, 11) is 0. The predicted molar refractivity (Wildman–Crippen MR) is 115 cm³/mol. The Kier molecular flexibility index (Phi) is 4.76. The summed E-state index contributed by atoms with van der Waals surface area (Å²) in [5.41, 5.74) is 2.27. The number of non-ortho nitro benzene ring substituents is 1. The number of fused-ring (bicyclic) bond motifs is 3. The van der Waals surface area contributed by atoms with Gasteiger partial charge in [0.15, 0.2) is 0 Å². The number of hydrogen-bond donors (Lipinski definition) is 3. The number of carbonyl (C=O) groups is 1. The van der Waals surface area contributed by atoms with Crippen LogP contribution in [0.15, 0.2) is 48.6 Å². The molecule has 2 aromatic rings. The van der Waals surface area contributed by atoms with Gasteiger partial charge in [0.2, 0.25) is 0 Å². The van der Waals surface area contributed by atoms with E-state index in [4.69, 9.17) is 0 Å². The lowest BCUT2D eigenvalue weighted by Crippen LogP contribution is -2.41. The molecule has 3 N–H and O–H groups in total. The van der Waals surface area contributed by atoms with Crippen LogP contribution in [0.1, 0.15) is 60.6 Å². The van der Waals surface area contributed by atoms with Gasteiger partial charge in [-0.05, 0) is 50.8 Å². The van der Waals surface area contributed by atoms with Gasteiger partial charge in [-0.3, -0.25) is 14.9 Å². The van der Waals surface area contributed by atoms with Crippen LogP contribution in [0.5, 0.6) is 5.75 Å². The van der Waals surface area contributed by atoms with Crippen LogP contribution >= 0.6 is 0 Å². The number of para-hydroxylation sites is 1. The Labute approximate surface area is 175 Å². The summed E-state index contributed by atoms with van der Waals surface area (Å²) in [5, 5.41) is 28.2. The molecule has 0 saturated heterocycles. The van der Waals surface area contributed by atoms with Gasteiger partial charge in [-0.25, -0.2) is 0 Å². The maximum Gasteiger partial charge on any atom is 0.270 e. The molecule has 1 aliphatic heterocycles. The van der Waals surface area contributed by atoms with E-state index in [-0.39, 0.29) is 40.8 Å². The molecule has 0 fully saturated rings. The van der Waals surface area contributed by atoms with Crippen molar-refractivity contribution in [2.24, 2.45) is 5.92 Å². The van der Waals surface area contributed by atoms with Gasteiger partial charge in [-0.1, -0.05) is 24.3 Å². The number of amides is 1. The van der Waals surface area contributed by atoms with Crippen LogP contribution in [-0.4, -0.2) is 21.5 Å². The first-order valence-electron chi connectivity index (χ1n) is 10.0. The molecule has 2 aromatic carbocycles. The molecule has 7 heteroatoms. The molecule has 7 nitrogen and oxygen atoms in total. The SMILES string of the molecule is CC(C)(C)NC(=O)c1cccc2c1NC(c1cc([N+](=O)[O-])ccc1O)C1CC=CC21. The van der Waals surface area contributed by atoms with E-state index >= 15 is 0 Å². The van der Waals surface area contributed by atoms with E-state index in [0.29, 0.717) is 16.8 Å². The summed E-state index contributed by atoms with van der Waals surface area (Å²) in [5.74, 6) is -0.0308. The van der Waals surface area contributed by atoms with Gasteiger partial charge in [0.1, 0.15) is 5.75 Å². The third-order valence-corrected chi connectivity index (χ3v) is 5.69. The van der Waals surface area contributed by atoms with Crippen molar-refractivity contribution in [3.63, 3.8) is 0 Å². The third kappa shape index (κ3) is 3.51. The second-order valence-corrected chi connectivity index (χ2v) is 8.95. The summed E-state index contributed by atoms with van der Waals surface area (Å²) >= 11 is 0. The topological polar surface area (TPSA) is 104 Å². The lowest BCUT2D eigenvalue weighted by atomic mass is 9.76. The van der Waals surface area contributed by atoms with Gasteiger partial charge < -0.3 is 15.7 Å². The van der Waals surface area contributed by atoms with Gasteiger partial charge in [0.05, 0.1) is 22.2 Å². The number of rotatable bonds is 3. The Morgan fingerprint density at radius 2 is 2.00 bits per heavy atom. The van der Waals surface area contributed by atoms with E-state index in [2.05, 4.69) is 22.8 Å². The Morgan fingerprint density at radius 3 is 2.70 bits per heavy atom. The first kappa shape index (κ1) is 19.9. The highest BCUT2D eigenvalue weighted by Gasteiger charge is 2.40. The third-order valence-electron chi connectivity index (χ3n) is 5.69. The van der Waals surface area contributed by atoms with E-state index in [0.717, 1.165) is 12.0 Å². The van der Waals surface area contributed by atoms with Crippen molar-refractivity contribution < 1.29 is 14.8 Å². The van der Waals surface area contributed by atoms with Gasteiger partial charge in [-0.15, -0.1) is 0 Å².